The fourth-order valence-corrected chi connectivity index (χ4v) is 6.06. The van der Waals surface area contributed by atoms with Crippen LogP contribution in [0.3, 0.4) is 0 Å². The van der Waals surface area contributed by atoms with Gasteiger partial charge < -0.3 is 4.98 Å². The van der Waals surface area contributed by atoms with Crippen molar-refractivity contribution < 1.29 is 4.79 Å². The first-order valence-electron chi connectivity index (χ1n) is 11.5. The number of carbonyl (C=O) groups is 1. The van der Waals surface area contributed by atoms with Gasteiger partial charge in [-0.15, -0.1) is 0 Å². The molecule has 3 aromatic carbocycles. The maximum Gasteiger partial charge on any atom is 0.233 e. The lowest BCUT2D eigenvalue weighted by Gasteiger charge is -2.54. The molecule has 0 saturated heterocycles. The molecule has 1 amide bonds. The van der Waals surface area contributed by atoms with E-state index in [2.05, 4.69) is 45.6 Å². The third-order valence-corrected chi connectivity index (χ3v) is 7.53. The SMILES string of the molecule is CC1(C(=O)Nc2nc(Cc3ccccc3)c[nH]2)CC2(C#N)c3ccccc3C1c1ccccc12. The van der Waals surface area contributed by atoms with E-state index in [9.17, 15) is 10.1 Å². The summed E-state index contributed by atoms with van der Waals surface area (Å²) < 4.78 is 0. The second-order valence-electron chi connectivity index (χ2n) is 9.58. The highest BCUT2D eigenvalue weighted by Crippen LogP contribution is 2.63. The minimum atomic E-state index is -0.852. The van der Waals surface area contributed by atoms with Gasteiger partial charge in [-0.1, -0.05) is 78.9 Å². The molecule has 34 heavy (non-hydrogen) atoms. The highest BCUT2D eigenvalue weighted by molar-refractivity contribution is 5.96. The number of anilines is 1. The number of aromatic nitrogens is 2. The Kier molecular flexibility index (Phi) is 4.46. The zero-order chi connectivity index (χ0) is 23.3. The molecule has 0 radical (unpaired) electrons. The Hall–Kier alpha value is -4.17. The van der Waals surface area contributed by atoms with E-state index < -0.39 is 10.8 Å². The summed E-state index contributed by atoms with van der Waals surface area (Å²) in [6.45, 7) is 1.98. The summed E-state index contributed by atoms with van der Waals surface area (Å²) in [5, 5.41) is 13.5. The zero-order valence-electron chi connectivity index (χ0n) is 18.9. The Morgan fingerprint density at radius 2 is 1.65 bits per heavy atom. The molecule has 4 aromatic rings. The molecule has 3 aliphatic carbocycles. The Labute approximate surface area is 198 Å². The third kappa shape index (κ3) is 2.85. The van der Waals surface area contributed by atoms with Crippen molar-refractivity contribution >= 4 is 11.9 Å². The van der Waals surface area contributed by atoms with Crippen LogP contribution < -0.4 is 5.32 Å². The van der Waals surface area contributed by atoms with Crippen LogP contribution in [-0.4, -0.2) is 15.9 Å². The molecule has 7 rings (SSSR count). The molecule has 2 bridgehead atoms. The Morgan fingerprint density at radius 1 is 1.03 bits per heavy atom. The second kappa shape index (κ2) is 7.43. The largest absolute Gasteiger partial charge is 0.330 e. The van der Waals surface area contributed by atoms with E-state index in [4.69, 9.17) is 0 Å². The van der Waals surface area contributed by atoms with E-state index in [-0.39, 0.29) is 11.8 Å². The molecule has 5 heteroatoms. The molecule has 5 nitrogen and oxygen atoms in total. The number of nitrogens with one attached hydrogen (secondary N) is 2. The van der Waals surface area contributed by atoms with Crippen molar-refractivity contribution in [3.05, 3.63) is 119 Å². The van der Waals surface area contributed by atoms with Crippen LogP contribution >= 0.6 is 0 Å². The molecule has 166 valence electrons. The van der Waals surface area contributed by atoms with Crippen molar-refractivity contribution in [2.75, 3.05) is 5.32 Å². The summed E-state index contributed by atoms with van der Waals surface area (Å²) in [6.07, 6.45) is 2.95. The molecule has 1 unspecified atom stereocenters. The molecule has 1 aromatic heterocycles. The molecule has 0 spiro atoms. The summed E-state index contributed by atoms with van der Waals surface area (Å²) >= 11 is 0. The van der Waals surface area contributed by atoms with Gasteiger partial charge in [-0.2, -0.15) is 5.26 Å². The Morgan fingerprint density at radius 3 is 2.29 bits per heavy atom. The average molecular weight is 445 g/mol. The summed E-state index contributed by atoms with van der Waals surface area (Å²) in [6, 6.07) is 28.9. The van der Waals surface area contributed by atoms with Gasteiger partial charge in [0.05, 0.1) is 17.2 Å². The zero-order valence-corrected chi connectivity index (χ0v) is 18.9. The van der Waals surface area contributed by atoms with Gasteiger partial charge in [-0.3, -0.25) is 10.1 Å². The van der Waals surface area contributed by atoms with Crippen LogP contribution in [0.5, 0.6) is 0 Å². The molecule has 0 fully saturated rings. The highest BCUT2D eigenvalue weighted by Gasteiger charge is 2.61. The number of benzene rings is 3. The summed E-state index contributed by atoms with van der Waals surface area (Å²) in [5.41, 5.74) is 4.55. The number of nitrogens with zero attached hydrogens (tertiary/aromatic N) is 2. The molecule has 2 N–H and O–H groups in total. The predicted molar refractivity (Wildman–Crippen MR) is 130 cm³/mol. The van der Waals surface area contributed by atoms with Gasteiger partial charge in [-0.25, -0.2) is 4.98 Å². The number of H-pyrrole nitrogens is 1. The van der Waals surface area contributed by atoms with E-state index >= 15 is 0 Å². The number of amides is 1. The van der Waals surface area contributed by atoms with Gasteiger partial charge in [-0.05, 0) is 41.2 Å². The van der Waals surface area contributed by atoms with Crippen LogP contribution in [0, 0.1) is 16.7 Å². The lowest BCUT2D eigenvalue weighted by Crippen LogP contribution is -2.53. The lowest BCUT2D eigenvalue weighted by atomic mass is 9.47. The molecule has 0 saturated carbocycles. The van der Waals surface area contributed by atoms with E-state index in [0.717, 1.165) is 33.5 Å². The molecule has 1 atom stereocenters. The van der Waals surface area contributed by atoms with Crippen LogP contribution in [0.2, 0.25) is 0 Å². The van der Waals surface area contributed by atoms with Gasteiger partial charge in [0.2, 0.25) is 11.9 Å². The van der Waals surface area contributed by atoms with Gasteiger partial charge >= 0.3 is 0 Å². The van der Waals surface area contributed by atoms with Gasteiger partial charge in [0.25, 0.3) is 0 Å². The topological polar surface area (TPSA) is 81.6 Å². The number of fused-ring (bicyclic) bond motifs is 1. The number of aromatic amines is 1. The van der Waals surface area contributed by atoms with Crippen molar-refractivity contribution in [1.29, 1.82) is 5.26 Å². The fraction of sp³-hybridized carbons (Fsp3) is 0.207. The van der Waals surface area contributed by atoms with Crippen molar-refractivity contribution in [1.82, 2.24) is 9.97 Å². The Bertz CT molecular complexity index is 1400. The smallest absolute Gasteiger partial charge is 0.233 e. The minimum absolute atomic E-state index is 0.123. The van der Waals surface area contributed by atoms with Crippen LogP contribution in [0.1, 0.15) is 52.8 Å². The summed E-state index contributed by atoms with van der Waals surface area (Å²) in [7, 11) is 0. The van der Waals surface area contributed by atoms with Crippen molar-refractivity contribution in [2.45, 2.75) is 31.1 Å². The second-order valence-corrected chi connectivity index (χ2v) is 9.58. The van der Waals surface area contributed by atoms with Crippen molar-refractivity contribution in [2.24, 2.45) is 5.41 Å². The molecule has 0 aliphatic heterocycles. The van der Waals surface area contributed by atoms with Gasteiger partial charge in [0.15, 0.2) is 0 Å². The minimum Gasteiger partial charge on any atom is -0.330 e. The number of nitriles is 1. The average Bonchev–Trinajstić information content (AvgIpc) is 3.31. The first-order valence-corrected chi connectivity index (χ1v) is 11.5. The van der Waals surface area contributed by atoms with Crippen LogP contribution in [0.4, 0.5) is 5.95 Å². The maximum absolute atomic E-state index is 13.8. The van der Waals surface area contributed by atoms with E-state index in [1.165, 1.54) is 0 Å². The van der Waals surface area contributed by atoms with E-state index in [0.29, 0.717) is 18.8 Å². The maximum atomic E-state index is 13.8. The fourth-order valence-electron chi connectivity index (χ4n) is 6.06. The number of imidazole rings is 1. The van der Waals surface area contributed by atoms with Crippen LogP contribution in [0.25, 0.3) is 0 Å². The molecular formula is C29H24N4O. The number of carbonyl (C=O) groups excluding carboxylic acids is 1. The van der Waals surface area contributed by atoms with Crippen LogP contribution in [0.15, 0.2) is 85.1 Å². The first kappa shape index (κ1) is 20.4. The highest BCUT2D eigenvalue weighted by atomic mass is 16.2. The van der Waals surface area contributed by atoms with Crippen LogP contribution in [-0.2, 0) is 16.6 Å². The van der Waals surface area contributed by atoms with Crippen molar-refractivity contribution in [3.8, 4) is 6.07 Å². The first-order chi connectivity index (χ1) is 16.5. The molecule has 1 heterocycles. The standard InChI is InChI=1S/C29H24N4O/c1-28(26(34)33-27-31-16-20(32-27)15-19-9-3-2-4-10-19)17-29(18-30)23-13-7-5-11-21(23)25(28)22-12-6-8-14-24(22)29/h2-14,16,25H,15,17H2,1H3,(H2,31,32,33,34). The van der Waals surface area contributed by atoms with Gasteiger partial charge in [0, 0.05) is 18.5 Å². The van der Waals surface area contributed by atoms with Gasteiger partial charge in [0.1, 0.15) is 5.41 Å². The monoisotopic (exact) mass is 444 g/mol. The predicted octanol–water partition coefficient (Wildman–Crippen LogP) is 5.30. The number of hydrogen-bond donors (Lipinski definition) is 2. The number of rotatable bonds is 4. The van der Waals surface area contributed by atoms with Crippen molar-refractivity contribution in [3.63, 3.8) is 0 Å². The summed E-state index contributed by atoms with van der Waals surface area (Å²) in [5.74, 6) is 0.182. The summed E-state index contributed by atoms with van der Waals surface area (Å²) in [4.78, 5) is 21.6. The lowest BCUT2D eigenvalue weighted by molar-refractivity contribution is -0.127. The van der Waals surface area contributed by atoms with E-state index in [1.54, 1.807) is 0 Å². The molecule has 3 aliphatic rings. The quantitative estimate of drug-likeness (QED) is 0.448. The molecular weight excluding hydrogens is 420 g/mol. The third-order valence-electron chi connectivity index (χ3n) is 7.53. The van der Waals surface area contributed by atoms with E-state index in [1.807, 2.05) is 67.7 Å². The Balaban J connectivity index is 1.36. The normalized spacial score (nSPS) is 24.1. The number of hydrogen-bond acceptors (Lipinski definition) is 3.